The highest BCUT2D eigenvalue weighted by atomic mass is 32.1. The minimum absolute atomic E-state index is 0.160. The molecule has 1 atom stereocenters. The van der Waals surface area contributed by atoms with Crippen molar-refractivity contribution < 1.29 is 9.53 Å². The Kier molecular flexibility index (Phi) is 9.56. The average molecular weight is 381 g/mol. The van der Waals surface area contributed by atoms with Gasteiger partial charge in [0.05, 0.1) is 6.61 Å². The lowest BCUT2D eigenvalue weighted by molar-refractivity contribution is 0.0503. The van der Waals surface area contributed by atoms with Crippen molar-refractivity contribution in [2.75, 3.05) is 6.61 Å². The summed E-state index contributed by atoms with van der Waals surface area (Å²) in [7, 11) is 0. The van der Waals surface area contributed by atoms with Gasteiger partial charge in [-0.25, -0.2) is 4.79 Å². The molecule has 0 spiro atoms. The van der Waals surface area contributed by atoms with Gasteiger partial charge in [-0.3, -0.25) is 0 Å². The number of esters is 1. The molecule has 0 aromatic carbocycles. The van der Waals surface area contributed by atoms with Gasteiger partial charge in [-0.2, -0.15) is 11.3 Å². The fourth-order valence-corrected chi connectivity index (χ4v) is 5.01. The Hall–Kier alpha value is -0.870. The summed E-state index contributed by atoms with van der Waals surface area (Å²) in [5.74, 6) is 0.735. The van der Waals surface area contributed by atoms with Gasteiger partial charge in [0.2, 0.25) is 0 Å². The van der Waals surface area contributed by atoms with E-state index in [-0.39, 0.29) is 5.97 Å². The van der Waals surface area contributed by atoms with Crippen LogP contribution >= 0.6 is 22.7 Å². The van der Waals surface area contributed by atoms with Crippen molar-refractivity contribution in [1.29, 1.82) is 0 Å². The Morgan fingerprint density at radius 2 is 1.76 bits per heavy atom. The average Bonchev–Trinajstić information content (AvgIpc) is 3.20. The molecule has 1 unspecified atom stereocenters. The fourth-order valence-electron chi connectivity index (χ4n) is 3.11. The molecule has 0 aliphatic carbocycles. The van der Waals surface area contributed by atoms with Gasteiger partial charge in [-0.15, -0.1) is 11.3 Å². The molecule has 140 valence electrons. The molecule has 2 aromatic rings. The molecule has 0 aliphatic heterocycles. The van der Waals surface area contributed by atoms with Crippen LogP contribution in [0.25, 0.3) is 10.1 Å². The number of carbonyl (C=O) groups is 1. The molecule has 2 nitrogen and oxygen atoms in total. The highest BCUT2D eigenvalue weighted by molar-refractivity contribution is 7.23. The van der Waals surface area contributed by atoms with Crippen molar-refractivity contribution in [3.05, 3.63) is 21.7 Å². The van der Waals surface area contributed by atoms with Crippen LogP contribution in [0.4, 0.5) is 0 Å². The Labute approximate surface area is 160 Å². The zero-order valence-electron chi connectivity index (χ0n) is 15.7. The summed E-state index contributed by atoms with van der Waals surface area (Å²) in [4.78, 5) is 12.7. The van der Waals surface area contributed by atoms with Gasteiger partial charge >= 0.3 is 5.97 Å². The lowest BCUT2D eigenvalue weighted by Crippen LogP contribution is -2.04. The summed E-state index contributed by atoms with van der Waals surface area (Å²) in [5, 5.41) is 5.32. The number of fused-ring (bicyclic) bond motifs is 1. The molecule has 0 saturated heterocycles. The van der Waals surface area contributed by atoms with Crippen LogP contribution in [0.5, 0.6) is 0 Å². The van der Waals surface area contributed by atoms with Crippen LogP contribution in [0.1, 0.15) is 87.7 Å². The first-order valence-corrected chi connectivity index (χ1v) is 11.6. The second-order valence-electron chi connectivity index (χ2n) is 7.10. The van der Waals surface area contributed by atoms with Crippen LogP contribution in [0, 0.1) is 5.92 Å². The van der Waals surface area contributed by atoms with E-state index in [0.29, 0.717) is 6.61 Å². The summed E-state index contributed by atoms with van der Waals surface area (Å²) in [5.41, 5.74) is 0. The van der Waals surface area contributed by atoms with E-state index in [1.165, 1.54) is 67.4 Å². The fraction of sp³-hybridized carbons (Fsp3) is 0.667. The molecule has 2 rings (SSSR count). The first-order chi connectivity index (χ1) is 12.2. The minimum Gasteiger partial charge on any atom is -0.462 e. The maximum absolute atomic E-state index is 12.0. The van der Waals surface area contributed by atoms with Gasteiger partial charge in [0.1, 0.15) is 4.88 Å². The standard InChI is InChI=1S/C21H32O2S2/c1-3-4-11-17(2)12-9-7-5-6-8-10-13-23-21(22)19-14-18-15-24-16-20(18)25-19/h14-17H,3-13H2,1-2H3. The number of hydrogen-bond acceptors (Lipinski definition) is 4. The van der Waals surface area contributed by atoms with Crippen molar-refractivity contribution >= 4 is 38.7 Å². The predicted octanol–water partition coefficient (Wildman–Crippen LogP) is 7.68. The summed E-state index contributed by atoms with van der Waals surface area (Å²) < 4.78 is 6.58. The molecular formula is C21H32O2S2. The normalized spacial score (nSPS) is 12.6. The summed E-state index contributed by atoms with van der Waals surface area (Å²) in [6, 6.07) is 1.94. The van der Waals surface area contributed by atoms with E-state index in [9.17, 15) is 4.79 Å². The molecular weight excluding hydrogens is 348 g/mol. The number of unbranched alkanes of at least 4 members (excludes halogenated alkanes) is 6. The maximum atomic E-state index is 12.0. The van der Waals surface area contributed by atoms with Gasteiger partial charge in [-0.1, -0.05) is 71.6 Å². The highest BCUT2D eigenvalue weighted by Crippen LogP contribution is 2.29. The van der Waals surface area contributed by atoms with Crippen LogP contribution in [-0.2, 0) is 4.74 Å². The van der Waals surface area contributed by atoms with Crippen LogP contribution in [0.3, 0.4) is 0 Å². The van der Waals surface area contributed by atoms with E-state index in [0.717, 1.165) is 29.0 Å². The van der Waals surface area contributed by atoms with Crippen LogP contribution < -0.4 is 0 Å². The first kappa shape index (κ1) is 20.4. The van der Waals surface area contributed by atoms with E-state index in [4.69, 9.17) is 4.74 Å². The molecule has 2 heterocycles. The van der Waals surface area contributed by atoms with Crippen molar-refractivity contribution in [2.45, 2.75) is 78.1 Å². The number of ether oxygens (including phenoxy) is 1. The molecule has 0 N–H and O–H groups in total. The van der Waals surface area contributed by atoms with Gasteiger partial charge in [0, 0.05) is 15.5 Å². The zero-order valence-corrected chi connectivity index (χ0v) is 17.4. The molecule has 2 aromatic heterocycles. The minimum atomic E-state index is -0.160. The van der Waals surface area contributed by atoms with Gasteiger partial charge in [0.15, 0.2) is 0 Å². The topological polar surface area (TPSA) is 26.3 Å². The van der Waals surface area contributed by atoms with E-state index in [1.54, 1.807) is 11.3 Å². The third-order valence-electron chi connectivity index (χ3n) is 4.74. The monoisotopic (exact) mass is 380 g/mol. The first-order valence-electron chi connectivity index (χ1n) is 9.83. The zero-order chi connectivity index (χ0) is 17.9. The second-order valence-corrected chi connectivity index (χ2v) is 8.92. The molecule has 0 amide bonds. The molecule has 0 radical (unpaired) electrons. The van der Waals surface area contributed by atoms with E-state index < -0.39 is 0 Å². The van der Waals surface area contributed by atoms with E-state index in [1.807, 2.05) is 6.07 Å². The van der Waals surface area contributed by atoms with E-state index >= 15 is 0 Å². The highest BCUT2D eigenvalue weighted by Gasteiger charge is 2.11. The summed E-state index contributed by atoms with van der Waals surface area (Å²) in [6.45, 7) is 5.21. The largest absolute Gasteiger partial charge is 0.462 e. The second kappa shape index (κ2) is 11.7. The smallest absolute Gasteiger partial charge is 0.348 e. The van der Waals surface area contributed by atoms with Crippen molar-refractivity contribution in [3.63, 3.8) is 0 Å². The van der Waals surface area contributed by atoms with Crippen molar-refractivity contribution in [2.24, 2.45) is 5.92 Å². The predicted molar refractivity (Wildman–Crippen MR) is 111 cm³/mol. The Morgan fingerprint density at radius 1 is 1.04 bits per heavy atom. The molecule has 25 heavy (non-hydrogen) atoms. The van der Waals surface area contributed by atoms with Crippen LogP contribution in [-0.4, -0.2) is 12.6 Å². The molecule has 0 aliphatic rings. The van der Waals surface area contributed by atoms with Gasteiger partial charge < -0.3 is 4.74 Å². The van der Waals surface area contributed by atoms with Gasteiger partial charge in [-0.05, 0) is 23.8 Å². The van der Waals surface area contributed by atoms with Gasteiger partial charge in [0.25, 0.3) is 0 Å². The Bertz CT molecular complexity index is 586. The van der Waals surface area contributed by atoms with Crippen LogP contribution in [0.15, 0.2) is 16.8 Å². The lowest BCUT2D eigenvalue weighted by atomic mass is 9.97. The Morgan fingerprint density at radius 3 is 2.52 bits per heavy atom. The molecule has 4 heteroatoms. The van der Waals surface area contributed by atoms with E-state index in [2.05, 4.69) is 24.6 Å². The lowest BCUT2D eigenvalue weighted by Gasteiger charge is -2.10. The number of rotatable bonds is 13. The third-order valence-corrected chi connectivity index (χ3v) is 6.73. The van der Waals surface area contributed by atoms with Crippen LogP contribution in [0.2, 0.25) is 0 Å². The SMILES string of the molecule is CCCCC(C)CCCCCCCCOC(=O)c1cc2cscc2s1. The van der Waals surface area contributed by atoms with Crippen molar-refractivity contribution in [3.8, 4) is 0 Å². The summed E-state index contributed by atoms with van der Waals surface area (Å²) in [6.07, 6.45) is 12.9. The molecule has 0 fully saturated rings. The quantitative estimate of drug-likeness (QED) is 0.263. The number of thiophene rings is 2. The third kappa shape index (κ3) is 7.49. The number of hydrogen-bond donors (Lipinski definition) is 0. The molecule has 0 bridgehead atoms. The maximum Gasteiger partial charge on any atom is 0.348 e. The summed E-state index contributed by atoms with van der Waals surface area (Å²) >= 11 is 3.21. The molecule has 0 saturated carbocycles. The Balaban J connectivity index is 1.44. The number of carbonyl (C=O) groups excluding carboxylic acids is 1. The van der Waals surface area contributed by atoms with Crippen molar-refractivity contribution in [1.82, 2.24) is 0 Å².